The van der Waals surface area contributed by atoms with Gasteiger partial charge in [0.25, 0.3) is 0 Å². The Balaban J connectivity index is 2.22. The fourth-order valence-corrected chi connectivity index (χ4v) is 2.64. The van der Waals surface area contributed by atoms with E-state index in [1.807, 2.05) is 26.0 Å². The summed E-state index contributed by atoms with van der Waals surface area (Å²) in [6.45, 7) is 3.70. The number of fused-ring (bicyclic) bond motifs is 1. The van der Waals surface area contributed by atoms with Crippen LogP contribution in [-0.2, 0) is 16.0 Å². The van der Waals surface area contributed by atoms with Crippen LogP contribution in [0, 0.1) is 17.2 Å². The number of nitrogens with one attached hydrogen (secondary N) is 3. The van der Waals surface area contributed by atoms with E-state index in [1.54, 1.807) is 12.3 Å². The highest BCUT2D eigenvalue weighted by Gasteiger charge is 2.25. The highest BCUT2D eigenvalue weighted by Crippen LogP contribution is 2.23. The Bertz CT molecular complexity index is 805. The van der Waals surface area contributed by atoms with Gasteiger partial charge in [0.05, 0.1) is 19.0 Å². The van der Waals surface area contributed by atoms with Crippen molar-refractivity contribution >= 4 is 28.4 Å². The normalized spacial score (nSPS) is 13.0. The largest absolute Gasteiger partial charge is 0.361 e. The number of nitrogens with two attached hydrogens (primary N) is 1. The van der Waals surface area contributed by atoms with Gasteiger partial charge in [-0.1, -0.05) is 20.3 Å². The van der Waals surface area contributed by atoms with Crippen LogP contribution in [0.4, 0.5) is 5.69 Å². The Morgan fingerprint density at radius 2 is 2.16 bits per heavy atom. The lowest BCUT2D eigenvalue weighted by atomic mass is 9.98. The summed E-state index contributed by atoms with van der Waals surface area (Å²) in [5.41, 5.74) is 7.73. The topological polar surface area (TPSA) is 124 Å². The maximum atomic E-state index is 12.6. The number of aromatic amines is 1. The average Bonchev–Trinajstić information content (AvgIpc) is 3.01. The van der Waals surface area contributed by atoms with Crippen LogP contribution in [0.15, 0.2) is 24.4 Å². The van der Waals surface area contributed by atoms with E-state index in [0.29, 0.717) is 12.1 Å². The number of nitriles is 1. The molecule has 0 saturated carbocycles. The fourth-order valence-electron chi connectivity index (χ4n) is 2.64. The Kier molecular flexibility index (Phi) is 6.14. The molecule has 0 bridgehead atoms. The van der Waals surface area contributed by atoms with Crippen LogP contribution in [0.5, 0.6) is 0 Å². The van der Waals surface area contributed by atoms with Gasteiger partial charge in [-0.15, -0.1) is 0 Å². The third-order valence-corrected chi connectivity index (χ3v) is 4.30. The number of anilines is 1. The van der Waals surface area contributed by atoms with Crippen molar-refractivity contribution in [2.45, 2.75) is 32.7 Å². The van der Waals surface area contributed by atoms with Gasteiger partial charge < -0.3 is 21.4 Å². The molecule has 0 saturated heterocycles. The summed E-state index contributed by atoms with van der Waals surface area (Å²) in [6, 6.07) is 6.93. The molecule has 1 aromatic carbocycles. The van der Waals surface area contributed by atoms with Crippen molar-refractivity contribution in [3.8, 4) is 6.07 Å². The van der Waals surface area contributed by atoms with E-state index in [9.17, 15) is 9.59 Å². The van der Waals surface area contributed by atoms with Crippen LogP contribution in [0.2, 0.25) is 0 Å². The second-order valence-corrected chi connectivity index (χ2v) is 6.03. The molecule has 0 radical (unpaired) electrons. The molecule has 25 heavy (non-hydrogen) atoms. The van der Waals surface area contributed by atoms with E-state index < -0.39 is 6.04 Å². The first-order valence-electron chi connectivity index (χ1n) is 8.27. The molecule has 0 aliphatic heterocycles. The number of aromatic nitrogens is 1. The van der Waals surface area contributed by atoms with Crippen LogP contribution in [-0.4, -0.2) is 29.4 Å². The Morgan fingerprint density at radius 3 is 2.80 bits per heavy atom. The summed E-state index contributed by atoms with van der Waals surface area (Å²) in [5, 5.41) is 15.3. The summed E-state index contributed by atoms with van der Waals surface area (Å²) in [5.74, 6) is -0.675. The highest BCUT2D eigenvalue weighted by molar-refractivity contribution is 5.99. The minimum absolute atomic E-state index is 0.0272. The quantitative estimate of drug-likeness (QED) is 0.611. The molecule has 0 fully saturated rings. The van der Waals surface area contributed by atoms with Crippen LogP contribution in [0.1, 0.15) is 25.8 Å². The molecule has 7 nitrogen and oxygen atoms in total. The van der Waals surface area contributed by atoms with Gasteiger partial charge in [0.2, 0.25) is 11.8 Å². The molecule has 5 N–H and O–H groups in total. The minimum atomic E-state index is -0.651. The van der Waals surface area contributed by atoms with E-state index in [4.69, 9.17) is 11.0 Å². The number of H-pyrrole nitrogens is 1. The molecular formula is C18H23N5O2. The van der Waals surface area contributed by atoms with Gasteiger partial charge in [0.15, 0.2) is 0 Å². The molecule has 7 heteroatoms. The molecule has 2 amide bonds. The zero-order chi connectivity index (χ0) is 18.4. The number of hydrogen-bond donors (Lipinski definition) is 4. The lowest BCUT2D eigenvalue weighted by molar-refractivity contribution is -0.126. The molecular weight excluding hydrogens is 318 g/mol. The predicted molar refractivity (Wildman–Crippen MR) is 96.7 cm³/mol. The number of nitrogens with zero attached hydrogens (tertiary/aromatic N) is 1. The second kappa shape index (κ2) is 8.31. The summed E-state index contributed by atoms with van der Waals surface area (Å²) < 4.78 is 0. The Morgan fingerprint density at radius 1 is 1.40 bits per heavy atom. The minimum Gasteiger partial charge on any atom is -0.361 e. The lowest BCUT2D eigenvalue weighted by Crippen LogP contribution is -2.49. The van der Waals surface area contributed by atoms with Crippen LogP contribution in [0.25, 0.3) is 10.9 Å². The lowest BCUT2D eigenvalue weighted by Gasteiger charge is -2.23. The summed E-state index contributed by atoms with van der Waals surface area (Å²) in [4.78, 5) is 27.3. The van der Waals surface area contributed by atoms with E-state index in [1.165, 1.54) is 0 Å². The van der Waals surface area contributed by atoms with Gasteiger partial charge >= 0.3 is 0 Å². The molecule has 0 aliphatic carbocycles. The summed E-state index contributed by atoms with van der Waals surface area (Å²) in [6.07, 6.45) is 2.83. The molecule has 0 spiro atoms. The smallest absolute Gasteiger partial charge is 0.247 e. The van der Waals surface area contributed by atoms with Crippen LogP contribution >= 0.6 is 0 Å². The average molecular weight is 341 g/mol. The van der Waals surface area contributed by atoms with Crippen molar-refractivity contribution in [2.24, 2.45) is 11.7 Å². The monoisotopic (exact) mass is 341 g/mol. The van der Waals surface area contributed by atoms with Gasteiger partial charge in [0, 0.05) is 22.8 Å². The van der Waals surface area contributed by atoms with Gasteiger partial charge in [-0.3, -0.25) is 9.59 Å². The molecule has 0 unspecified atom stereocenters. The molecule has 132 valence electrons. The summed E-state index contributed by atoms with van der Waals surface area (Å²) >= 11 is 0. The van der Waals surface area contributed by atoms with Gasteiger partial charge in [0.1, 0.15) is 6.04 Å². The van der Waals surface area contributed by atoms with Gasteiger partial charge in [-0.2, -0.15) is 5.26 Å². The number of benzene rings is 1. The van der Waals surface area contributed by atoms with E-state index >= 15 is 0 Å². The highest BCUT2D eigenvalue weighted by atomic mass is 16.2. The van der Waals surface area contributed by atoms with Crippen molar-refractivity contribution in [1.29, 1.82) is 5.26 Å². The van der Waals surface area contributed by atoms with Crippen molar-refractivity contribution in [1.82, 2.24) is 10.3 Å². The van der Waals surface area contributed by atoms with Crippen LogP contribution in [0.3, 0.4) is 0 Å². The van der Waals surface area contributed by atoms with E-state index in [-0.39, 0.29) is 24.3 Å². The summed E-state index contributed by atoms with van der Waals surface area (Å²) in [7, 11) is 0. The number of carbonyl (C=O) groups excluding carboxylic acids is 2. The van der Waals surface area contributed by atoms with Crippen LogP contribution < -0.4 is 16.4 Å². The Hall–Kier alpha value is -2.85. The molecule has 2 aromatic rings. The number of rotatable bonds is 7. The first kappa shape index (κ1) is 18.5. The third-order valence-electron chi connectivity index (χ3n) is 4.30. The molecule has 2 rings (SSSR count). The number of hydrogen-bond acceptors (Lipinski definition) is 4. The second-order valence-electron chi connectivity index (χ2n) is 6.03. The van der Waals surface area contributed by atoms with Crippen molar-refractivity contribution in [3.05, 3.63) is 30.0 Å². The predicted octanol–water partition coefficient (Wildman–Crippen LogP) is 1.66. The van der Waals surface area contributed by atoms with Gasteiger partial charge in [-0.05, 0) is 29.7 Å². The molecule has 0 aliphatic rings. The number of carbonyl (C=O) groups is 2. The van der Waals surface area contributed by atoms with Crippen molar-refractivity contribution in [3.63, 3.8) is 0 Å². The first-order chi connectivity index (χ1) is 12.0. The first-order valence-corrected chi connectivity index (χ1v) is 8.27. The molecule has 1 aromatic heterocycles. The fraction of sp³-hybridized carbons (Fsp3) is 0.389. The SMILES string of the molecule is CC[C@H](C)[C@H](NC(=O)CN)C(=O)Nc1ccc2[nH]cc(CC#N)c2c1. The third kappa shape index (κ3) is 4.37. The van der Waals surface area contributed by atoms with E-state index in [2.05, 4.69) is 21.7 Å². The molecule has 2 atom stereocenters. The zero-order valence-electron chi connectivity index (χ0n) is 14.4. The van der Waals surface area contributed by atoms with E-state index in [0.717, 1.165) is 22.9 Å². The zero-order valence-corrected chi connectivity index (χ0v) is 14.4. The number of amides is 2. The maximum absolute atomic E-state index is 12.6. The molecule has 1 heterocycles. The maximum Gasteiger partial charge on any atom is 0.247 e. The standard InChI is InChI=1S/C18H23N5O2/c1-3-11(2)17(23-16(24)9-20)18(25)22-13-4-5-15-14(8-13)12(6-7-19)10-21-15/h4-5,8,10-11,17,21H,3,6,9,20H2,1-2H3,(H,22,25)(H,23,24)/t11-,17-/m0/s1. The van der Waals surface area contributed by atoms with Crippen molar-refractivity contribution in [2.75, 3.05) is 11.9 Å². The van der Waals surface area contributed by atoms with Crippen molar-refractivity contribution < 1.29 is 9.59 Å². The van der Waals surface area contributed by atoms with Gasteiger partial charge in [-0.25, -0.2) is 0 Å². The Labute approximate surface area is 146 Å².